The highest BCUT2D eigenvalue weighted by Gasteiger charge is 2.26. The highest BCUT2D eigenvalue weighted by molar-refractivity contribution is 5.99. The first kappa shape index (κ1) is 26.0. The van der Waals surface area contributed by atoms with E-state index in [1.165, 1.54) is 0 Å². The van der Waals surface area contributed by atoms with Crippen molar-refractivity contribution in [1.82, 2.24) is 0 Å². The van der Waals surface area contributed by atoms with Gasteiger partial charge in [-0.25, -0.2) is 0 Å². The predicted octanol–water partition coefficient (Wildman–Crippen LogP) is 6.35. The van der Waals surface area contributed by atoms with Gasteiger partial charge < -0.3 is 19.7 Å². The molecule has 0 unspecified atom stereocenters. The molecule has 198 valence electrons. The minimum atomic E-state index is -0.116. The molecule has 0 saturated heterocycles. The molecule has 4 aromatic rings. The Bertz CT molecular complexity index is 1380. The Morgan fingerprint density at radius 1 is 0.923 bits per heavy atom. The lowest BCUT2D eigenvalue weighted by Gasteiger charge is -2.30. The van der Waals surface area contributed by atoms with E-state index in [9.17, 15) is 9.59 Å². The summed E-state index contributed by atoms with van der Waals surface area (Å²) in [5.74, 6) is 1.15. The summed E-state index contributed by atoms with van der Waals surface area (Å²) < 4.78 is 11.5. The molecule has 4 aromatic carbocycles. The molecule has 0 aromatic heterocycles. The Hall–Kier alpha value is -4.58. The minimum absolute atomic E-state index is 0.00667. The fraction of sp³-hybridized carbons (Fsp3) is 0.212. The van der Waals surface area contributed by atoms with Gasteiger partial charge in [-0.15, -0.1) is 0 Å². The van der Waals surface area contributed by atoms with E-state index in [0.717, 1.165) is 22.4 Å². The number of ether oxygens (including phenoxy) is 2. The molecule has 0 atom stereocenters. The van der Waals surface area contributed by atoms with Crippen LogP contribution < -0.4 is 19.7 Å². The first-order valence-corrected chi connectivity index (χ1v) is 13.2. The number of rotatable bonds is 10. The van der Waals surface area contributed by atoms with Crippen molar-refractivity contribution in [3.05, 3.63) is 120 Å². The standard InChI is InChI=1S/C33H32N2O4/c1-24-10-8-15-28(20-24)38-19-9-18-35-30-21-27(16-17-31(30)39-23-33(35)37)34-32(36)22-29(25-11-4-2-5-12-25)26-13-6-3-7-14-26/h2-8,10-17,20-21,29H,9,18-19,22-23H2,1H3,(H,34,36). The highest BCUT2D eigenvalue weighted by atomic mass is 16.5. The van der Waals surface area contributed by atoms with E-state index in [1.807, 2.05) is 104 Å². The highest BCUT2D eigenvalue weighted by Crippen LogP contribution is 2.35. The molecule has 2 amide bonds. The van der Waals surface area contributed by atoms with Gasteiger partial charge in [0.25, 0.3) is 5.91 Å². The summed E-state index contributed by atoms with van der Waals surface area (Å²) in [7, 11) is 0. The van der Waals surface area contributed by atoms with Crippen molar-refractivity contribution in [2.75, 3.05) is 30.0 Å². The number of amides is 2. The van der Waals surface area contributed by atoms with Crippen LogP contribution in [0, 0.1) is 6.92 Å². The number of fused-ring (bicyclic) bond motifs is 1. The molecule has 1 N–H and O–H groups in total. The molecule has 39 heavy (non-hydrogen) atoms. The van der Waals surface area contributed by atoms with Crippen LogP contribution in [0.5, 0.6) is 11.5 Å². The number of nitrogens with one attached hydrogen (secondary N) is 1. The fourth-order valence-corrected chi connectivity index (χ4v) is 4.84. The molecular formula is C33H32N2O4. The smallest absolute Gasteiger partial charge is 0.265 e. The van der Waals surface area contributed by atoms with Crippen LogP contribution in [-0.4, -0.2) is 31.6 Å². The van der Waals surface area contributed by atoms with Crippen LogP contribution in [0.1, 0.15) is 35.4 Å². The largest absolute Gasteiger partial charge is 0.494 e. The van der Waals surface area contributed by atoms with Crippen LogP contribution in [-0.2, 0) is 9.59 Å². The monoisotopic (exact) mass is 520 g/mol. The third-order valence-corrected chi connectivity index (χ3v) is 6.76. The number of benzene rings is 4. The molecule has 1 aliphatic heterocycles. The zero-order chi connectivity index (χ0) is 27.0. The molecule has 1 heterocycles. The average molecular weight is 521 g/mol. The molecule has 0 spiro atoms. The fourth-order valence-electron chi connectivity index (χ4n) is 4.84. The SMILES string of the molecule is Cc1cccc(OCCCN2C(=O)COc3ccc(NC(=O)CC(c4ccccc4)c4ccccc4)cc32)c1. The summed E-state index contributed by atoms with van der Waals surface area (Å²) in [5, 5.41) is 3.03. The van der Waals surface area contributed by atoms with Crippen molar-refractivity contribution in [3.63, 3.8) is 0 Å². The number of carbonyl (C=O) groups excluding carboxylic acids is 2. The lowest BCUT2D eigenvalue weighted by atomic mass is 9.88. The molecule has 6 heteroatoms. The van der Waals surface area contributed by atoms with E-state index >= 15 is 0 Å². The number of nitrogens with zero attached hydrogens (tertiary/aromatic N) is 1. The maximum atomic E-state index is 13.2. The topological polar surface area (TPSA) is 67.9 Å². The van der Waals surface area contributed by atoms with E-state index in [-0.39, 0.29) is 24.3 Å². The summed E-state index contributed by atoms with van der Waals surface area (Å²) in [6.45, 7) is 2.99. The number of aryl methyl sites for hydroxylation is 1. The number of carbonyl (C=O) groups is 2. The predicted molar refractivity (Wildman–Crippen MR) is 154 cm³/mol. The molecule has 6 nitrogen and oxygen atoms in total. The Morgan fingerprint density at radius 2 is 1.64 bits per heavy atom. The molecule has 1 aliphatic rings. The van der Waals surface area contributed by atoms with Crippen LogP contribution in [0.3, 0.4) is 0 Å². The zero-order valence-corrected chi connectivity index (χ0v) is 22.0. The van der Waals surface area contributed by atoms with E-state index in [4.69, 9.17) is 9.47 Å². The first-order valence-electron chi connectivity index (χ1n) is 13.2. The zero-order valence-electron chi connectivity index (χ0n) is 22.0. The van der Waals surface area contributed by atoms with Crippen LogP contribution in [0.4, 0.5) is 11.4 Å². The molecule has 0 radical (unpaired) electrons. The minimum Gasteiger partial charge on any atom is -0.494 e. The summed E-state index contributed by atoms with van der Waals surface area (Å²) in [6, 6.07) is 33.4. The van der Waals surface area contributed by atoms with E-state index in [2.05, 4.69) is 5.32 Å². The van der Waals surface area contributed by atoms with Crippen molar-refractivity contribution in [1.29, 1.82) is 0 Å². The van der Waals surface area contributed by atoms with Crippen molar-refractivity contribution in [2.24, 2.45) is 0 Å². The second-order valence-electron chi connectivity index (χ2n) is 9.66. The van der Waals surface area contributed by atoms with Gasteiger partial charge in [-0.1, -0.05) is 72.8 Å². The van der Waals surface area contributed by atoms with Gasteiger partial charge in [0.1, 0.15) is 11.5 Å². The van der Waals surface area contributed by atoms with E-state index in [1.54, 1.807) is 11.0 Å². The molecule has 5 rings (SSSR count). The van der Waals surface area contributed by atoms with Gasteiger partial charge in [-0.3, -0.25) is 9.59 Å². The van der Waals surface area contributed by atoms with Gasteiger partial charge in [0, 0.05) is 24.6 Å². The van der Waals surface area contributed by atoms with Crippen molar-refractivity contribution >= 4 is 23.2 Å². The maximum absolute atomic E-state index is 13.2. The van der Waals surface area contributed by atoms with Gasteiger partial charge in [-0.2, -0.15) is 0 Å². The third kappa shape index (κ3) is 6.65. The lowest BCUT2D eigenvalue weighted by molar-refractivity contribution is -0.121. The summed E-state index contributed by atoms with van der Waals surface area (Å²) >= 11 is 0. The quantitative estimate of drug-likeness (QED) is 0.248. The number of hydrogen-bond acceptors (Lipinski definition) is 4. The Kier molecular flexibility index (Phi) is 8.22. The molecule has 0 aliphatic carbocycles. The van der Waals surface area contributed by atoms with Gasteiger partial charge in [0.2, 0.25) is 5.91 Å². The molecule has 0 bridgehead atoms. The van der Waals surface area contributed by atoms with Crippen molar-refractivity contribution in [2.45, 2.75) is 25.7 Å². The van der Waals surface area contributed by atoms with Crippen LogP contribution in [0.2, 0.25) is 0 Å². The van der Waals surface area contributed by atoms with Gasteiger partial charge in [-0.05, 0) is 60.4 Å². The van der Waals surface area contributed by atoms with E-state index in [0.29, 0.717) is 43.1 Å². The summed E-state index contributed by atoms with van der Waals surface area (Å²) in [6.07, 6.45) is 0.950. The lowest BCUT2D eigenvalue weighted by Crippen LogP contribution is -2.39. The van der Waals surface area contributed by atoms with E-state index < -0.39 is 0 Å². The summed E-state index contributed by atoms with van der Waals surface area (Å²) in [4.78, 5) is 27.7. The van der Waals surface area contributed by atoms with Crippen LogP contribution >= 0.6 is 0 Å². The maximum Gasteiger partial charge on any atom is 0.265 e. The first-order chi connectivity index (χ1) is 19.1. The second kappa shape index (κ2) is 12.3. The van der Waals surface area contributed by atoms with Gasteiger partial charge in [0.15, 0.2) is 6.61 Å². The Morgan fingerprint density at radius 3 is 2.33 bits per heavy atom. The Labute approximate surface area is 229 Å². The molecule has 0 saturated carbocycles. The number of anilines is 2. The normalized spacial score (nSPS) is 12.6. The van der Waals surface area contributed by atoms with Gasteiger partial charge >= 0.3 is 0 Å². The van der Waals surface area contributed by atoms with Crippen LogP contribution in [0.15, 0.2) is 103 Å². The number of hydrogen-bond donors (Lipinski definition) is 1. The van der Waals surface area contributed by atoms with Crippen molar-refractivity contribution in [3.8, 4) is 11.5 Å². The van der Waals surface area contributed by atoms with Crippen molar-refractivity contribution < 1.29 is 19.1 Å². The Balaban J connectivity index is 1.26. The molecular weight excluding hydrogens is 488 g/mol. The average Bonchev–Trinajstić information content (AvgIpc) is 2.96. The summed E-state index contributed by atoms with van der Waals surface area (Å²) in [5.41, 5.74) is 4.59. The molecule has 0 fully saturated rings. The second-order valence-corrected chi connectivity index (χ2v) is 9.66. The van der Waals surface area contributed by atoms with Gasteiger partial charge in [0.05, 0.1) is 12.3 Å². The third-order valence-electron chi connectivity index (χ3n) is 6.76. The van der Waals surface area contributed by atoms with Crippen LogP contribution in [0.25, 0.3) is 0 Å².